The van der Waals surface area contributed by atoms with Gasteiger partial charge in [0.2, 0.25) is 0 Å². The number of aromatic nitrogens is 1. The number of hydrogen-bond donors (Lipinski definition) is 1. The third-order valence-corrected chi connectivity index (χ3v) is 8.27. The van der Waals surface area contributed by atoms with E-state index in [1.165, 1.54) is 0 Å². The van der Waals surface area contributed by atoms with Crippen LogP contribution >= 0.6 is 23.2 Å². The maximum atomic E-state index is 13.2. The van der Waals surface area contributed by atoms with Crippen LogP contribution in [0.2, 0.25) is 35.7 Å². The van der Waals surface area contributed by atoms with E-state index in [9.17, 15) is 14.7 Å². The number of carbonyl (C=O) groups is 2. The fraction of sp³-hybridized carbons (Fsp3) is 0.308. The Hall–Kier alpha value is -2.58. The molecule has 2 aromatic carbocycles. The minimum atomic E-state index is -1.31. The highest BCUT2D eigenvalue weighted by Gasteiger charge is 2.30. The van der Waals surface area contributed by atoms with Gasteiger partial charge in [-0.05, 0) is 42.8 Å². The molecule has 35 heavy (non-hydrogen) atoms. The average molecular weight is 532 g/mol. The number of carboxylic acid groups (broad SMARTS) is 1. The number of rotatable bonds is 8. The molecule has 0 aliphatic carbocycles. The number of carbonyl (C=O) groups excluding carboxylic acids is 1. The summed E-state index contributed by atoms with van der Waals surface area (Å²) in [5.74, 6) is -1.27. The Balaban J connectivity index is 1.78. The number of aromatic carboxylic acids is 1. The van der Waals surface area contributed by atoms with Crippen molar-refractivity contribution in [3.63, 3.8) is 0 Å². The van der Waals surface area contributed by atoms with Crippen LogP contribution in [-0.2, 0) is 16.3 Å². The standard InChI is InChI=1S/C26H28Cl2N2O4Si/c1-35(2,3)12-11-34-16-30-22-15-18(27)14-21(28)23(22)20(24(30)26(32)33)13-17-9-10-29(25(17)31)19-7-5-4-6-8-19/h4-8,13-15H,9-12,16H2,1-3H3,(H,32,33)/b17-13-. The molecule has 9 heteroatoms. The Morgan fingerprint density at radius 2 is 1.89 bits per heavy atom. The number of fused-ring (bicyclic) bond motifs is 1. The van der Waals surface area contributed by atoms with Crippen molar-refractivity contribution in [3.05, 3.63) is 69.3 Å². The molecule has 1 N–H and O–H groups in total. The van der Waals surface area contributed by atoms with Crippen LogP contribution < -0.4 is 4.90 Å². The first-order valence-electron chi connectivity index (χ1n) is 11.5. The van der Waals surface area contributed by atoms with Crippen molar-refractivity contribution < 1.29 is 19.4 Å². The zero-order valence-electron chi connectivity index (χ0n) is 20.0. The van der Waals surface area contributed by atoms with Crippen molar-refractivity contribution in [1.29, 1.82) is 0 Å². The number of ether oxygens (including phenoxy) is 1. The Morgan fingerprint density at radius 1 is 1.17 bits per heavy atom. The first-order chi connectivity index (χ1) is 16.6. The SMILES string of the molecule is C[Si](C)(C)CCOCn1c(C(=O)O)c(/C=C2/CCN(c3ccccc3)C2=O)c2c(Cl)cc(Cl)cc21. The molecule has 0 spiro atoms. The quantitative estimate of drug-likeness (QED) is 0.198. The lowest BCUT2D eigenvalue weighted by Crippen LogP contribution is -2.24. The van der Waals surface area contributed by atoms with Crippen molar-refractivity contribution in [2.75, 3.05) is 18.1 Å². The van der Waals surface area contributed by atoms with Gasteiger partial charge in [-0.3, -0.25) is 4.79 Å². The zero-order valence-corrected chi connectivity index (χ0v) is 22.5. The van der Waals surface area contributed by atoms with Gasteiger partial charge in [0.15, 0.2) is 0 Å². The van der Waals surface area contributed by atoms with E-state index in [0.717, 1.165) is 11.7 Å². The molecule has 6 nitrogen and oxygen atoms in total. The van der Waals surface area contributed by atoms with Crippen LogP contribution in [0.5, 0.6) is 0 Å². The summed E-state index contributed by atoms with van der Waals surface area (Å²) in [6.45, 7) is 7.87. The second kappa shape index (κ2) is 10.2. The number of hydrogen-bond acceptors (Lipinski definition) is 3. The lowest BCUT2D eigenvalue weighted by atomic mass is 10.1. The predicted molar refractivity (Wildman–Crippen MR) is 144 cm³/mol. The third kappa shape index (κ3) is 5.48. The summed E-state index contributed by atoms with van der Waals surface area (Å²) in [5, 5.41) is 11.5. The number of carboxylic acids is 1. The predicted octanol–water partition coefficient (Wildman–Crippen LogP) is 6.78. The van der Waals surface area contributed by atoms with Gasteiger partial charge in [0.05, 0.1) is 10.5 Å². The van der Waals surface area contributed by atoms with Crippen LogP contribution in [-0.4, -0.2) is 42.8 Å². The zero-order chi connectivity index (χ0) is 25.3. The minimum absolute atomic E-state index is 0.0237. The number of para-hydroxylation sites is 1. The largest absolute Gasteiger partial charge is 0.477 e. The summed E-state index contributed by atoms with van der Waals surface area (Å²) in [6, 6.07) is 13.6. The van der Waals surface area contributed by atoms with E-state index in [2.05, 4.69) is 19.6 Å². The molecular formula is C26H28Cl2N2O4Si. The number of halogens is 2. The van der Waals surface area contributed by atoms with Gasteiger partial charge in [0.25, 0.3) is 5.91 Å². The van der Waals surface area contributed by atoms with Gasteiger partial charge in [-0.15, -0.1) is 0 Å². The molecule has 1 amide bonds. The summed E-state index contributed by atoms with van der Waals surface area (Å²) in [5.41, 5.74) is 2.31. The van der Waals surface area contributed by atoms with Crippen LogP contribution in [0.25, 0.3) is 17.0 Å². The van der Waals surface area contributed by atoms with Gasteiger partial charge >= 0.3 is 5.97 Å². The summed E-state index contributed by atoms with van der Waals surface area (Å²) in [4.78, 5) is 27.4. The molecule has 184 valence electrons. The molecule has 0 bridgehead atoms. The summed E-state index contributed by atoms with van der Waals surface area (Å²) in [6.07, 6.45) is 2.16. The lowest BCUT2D eigenvalue weighted by molar-refractivity contribution is -0.114. The van der Waals surface area contributed by atoms with Crippen LogP contribution in [0.1, 0.15) is 22.5 Å². The maximum Gasteiger partial charge on any atom is 0.353 e. The van der Waals surface area contributed by atoms with E-state index in [4.69, 9.17) is 27.9 Å². The van der Waals surface area contributed by atoms with E-state index in [0.29, 0.717) is 51.7 Å². The second-order valence-corrected chi connectivity index (χ2v) is 16.3. The molecule has 1 aliphatic heterocycles. The van der Waals surface area contributed by atoms with Gasteiger partial charge in [-0.25, -0.2) is 4.79 Å². The molecule has 1 aromatic heterocycles. The minimum Gasteiger partial charge on any atom is -0.477 e. The summed E-state index contributed by atoms with van der Waals surface area (Å²) in [7, 11) is -1.31. The van der Waals surface area contributed by atoms with Crippen molar-refractivity contribution in [2.45, 2.75) is 38.8 Å². The highest BCUT2D eigenvalue weighted by atomic mass is 35.5. The van der Waals surface area contributed by atoms with Crippen molar-refractivity contribution >= 4 is 65.8 Å². The topological polar surface area (TPSA) is 71.8 Å². The van der Waals surface area contributed by atoms with Crippen LogP contribution in [0.15, 0.2) is 48.0 Å². The van der Waals surface area contributed by atoms with Crippen molar-refractivity contribution in [2.24, 2.45) is 0 Å². The fourth-order valence-corrected chi connectivity index (χ4v) is 5.58. The molecular weight excluding hydrogens is 503 g/mol. The Labute approximate surface area is 215 Å². The van der Waals surface area contributed by atoms with Crippen molar-refractivity contribution in [1.82, 2.24) is 4.57 Å². The van der Waals surface area contributed by atoms with E-state index in [1.807, 2.05) is 30.3 Å². The third-order valence-electron chi connectivity index (χ3n) is 6.05. The first-order valence-corrected chi connectivity index (χ1v) is 15.9. The highest BCUT2D eigenvalue weighted by molar-refractivity contribution is 6.76. The number of benzene rings is 2. The van der Waals surface area contributed by atoms with Gasteiger partial charge in [0, 0.05) is 48.5 Å². The fourth-order valence-electron chi connectivity index (χ4n) is 4.24. The average Bonchev–Trinajstić information content (AvgIpc) is 3.29. The van der Waals surface area contributed by atoms with E-state index in [1.54, 1.807) is 27.7 Å². The highest BCUT2D eigenvalue weighted by Crippen LogP contribution is 2.37. The number of nitrogens with zero attached hydrogens (tertiary/aromatic N) is 2. The molecule has 0 unspecified atom stereocenters. The molecule has 3 aromatic rings. The van der Waals surface area contributed by atoms with E-state index >= 15 is 0 Å². The molecule has 0 radical (unpaired) electrons. The van der Waals surface area contributed by atoms with Gasteiger partial charge in [0.1, 0.15) is 12.4 Å². The molecule has 0 atom stereocenters. The lowest BCUT2D eigenvalue weighted by Gasteiger charge is -2.16. The normalized spacial score (nSPS) is 15.5. The molecule has 0 saturated carbocycles. The molecule has 2 heterocycles. The van der Waals surface area contributed by atoms with E-state index < -0.39 is 14.0 Å². The molecule has 1 fully saturated rings. The van der Waals surface area contributed by atoms with Gasteiger partial charge in [-0.1, -0.05) is 61.0 Å². The Morgan fingerprint density at radius 3 is 2.54 bits per heavy atom. The van der Waals surface area contributed by atoms with Crippen LogP contribution in [0.3, 0.4) is 0 Å². The summed E-state index contributed by atoms with van der Waals surface area (Å²) < 4.78 is 7.49. The van der Waals surface area contributed by atoms with Crippen molar-refractivity contribution in [3.8, 4) is 0 Å². The molecule has 1 aliphatic rings. The van der Waals surface area contributed by atoms with Crippen LogP contribution in [0.4, 0.5) is 5.69 Å². The van der Waals surface area contributed by atoms with E-state index in [-0.39, 0.29) is 18.3 Å². The Bertz CT molecular complexity index is 1310. The second-order valence-electron chi connectivity index (χ2n) is 9.84. The monoisotopic (exact) mass is 530 g/mol. The molecule has 4 rings (SSSR count). The summed E-state index contributed by atoms with van der Waals surface area (Å²) >= 11 is 12.9. The smallest absolute Gasteiger partial charge is 0.353 e. The molecule has 1 saturated heterocycles. The first kappa shape index (κ1) is 25.5. The van der Waals surface area contributed by atoms with Gasteiger partial charge < -0.3 is 19.3 Å². The Kier molecular flexibility index (Phi) is 7.42. The van der Waals surface area contributed by atoms with Gasteiger partial charge in [-0.2, -0.15) is 0 Å². The number of amides is 1. The maximum absolute atomic E-state index is 13.2. The number of anilines is 1. The van der Waals surface area contributed by atoms with Crippen LogP contribution in [0, 0.1) is 0 Å².